The first-order valence-electron chi connectivity index (χ1n) is 7.15. The molecule has 0 unspecified atom stereocenters. The predicted molar refractivity (Wildman–Crippen MR) is 91.6 cm³/mol. The molecule has 0 atom stereocenters. The smallest absolute Gasteiger partial charge is 0.228 e. The van der Waals surface area contributed by atoms with E-state index in [1.165, 1.54) is 0 Å². The fraction of sp³-hybridized carbons (Fsp3) is 0.235. The molecule has 2 N–H and O–H groups in total. The van der Waals surface area contributed by atoms with Crippen molar-refractivity contribution in [3.05, 3.63) is 47.5 Å². The molecule has 1 aromatic heterocycles. The van der Waals surface area contributed by atoms with E-state index in [1.54, 1.807) is 18.2 Å². The Morgan fingerprint density at radius 2 is 1.67 bits per heavy atom. The number of nitrogen functional groups attached to an aromatic ring is 1. The molecule has 1 heterocycles. The lowest BCUT2D eigenvalue weighted by Gasteiger charge is -2.00. The van der Waals surface area contributed by atoms with Crippen LogP contribution in [0.2, 0.25) is 5.02 Å². The van der Waals surface area contributed by atoms with E-state index >= 15 is 0 Å². The van der Waals surface area contributed by atoms with Gasteiger partial charge in [0.2, 0.25) is 5.89 Å². The molecule has 0 amide bonds. The normalized spacial score (nSPS) is 9.38. The number of nitrogens with zero attached hydrogens (tertiary/aromatic N) is 1. The van der Waals surface area contributed by atoms with Gasteiger partial charge < -0.3 is 10.2 Å². The van der Waals surface area contributed by atoms with Crippen molar-refractivity contribution in [3.8, 4) is 11.5 Å². The van der Waals surface area contributed by atoms with Crippen molar-refractivity contribution in [1.29, 1.82) is 0 Å². The van der Waals surface area contributed by atoms with Crippen molar-refractivity contribution in [1.82, 2.24) is 4.98 Å². The molecule has 0 aliphatic rings. The average Bonchev–Trinajstić information content (AvgIpc) is 2.97. The van der Waals surface area contributed by atoms with Gasteiger partial charge in [0.1, 0.15) is 5.52 Å². The first-order chi connectivity index (χ1) is 10.2. The summed E-state index contributed by atoms with van der Waals surface area (Å²) in [6.45, 7) is 8.00. The number of oxazole rings is 1. The molecule has 4 heteroatoms. The average molecular weight is 305 g/mol. The number of rotatable bonds is 1. The van der Waals surface area contributed by atoms with Gasteiger partial charge in [0.25, 0.3) is 0 Å². The molecule has 0 bridgehead atoms. The van der Waals surface area contributed by atoms with Gasteiger partial charge in [-0.1, -0.05) is 51.4 Å². The summed E-state index contributed by atoms with van der Waals surface area (Å²) in [6.07, 6.45) is 0. The Bertz CT molecular complexity index is 659. The third kappa shape index (κ3) is 3.99. The molecule has 0 fully saturated rings. The summed E-state index contributed by atoms with van der Waals surface area (Å²) >= 11 is 6.10. The summed E-state index contributed by atoms with van der Waals surface area (Å²) < 4.78 is 5.64. The second kappa shape index (κ2) is 8.32. The van der Waals surface area contributed by atoms with Crippen molar-refractivity contribution in [2.45, 2.75) is 27.7 Å². The van der Waals surface area contributed by atoms with Crippen LogP contribution in [0.1, 0.15) is 27.7 Å². The van der Waals surface area contributed by atoms with Crippen LogP contribution in [0.4, 0.5) is 5.69 Å². The topological polar surface area (TPSA) is 52.0 Å². The quantitative estimate of drug-likeness (QED) is 0.579. The van der Waals surface area contributed by atoms with E-state index in [0.29, 0.717) is 22.2 Å². The molecule has 0 saturated carbocycles. The summed E-state index contributed by atoms with van der Waals surface area (Å²) in [7, 11) is 0. The number of fused-ring (bicyclic) bond motifs is 1. The minimum absolute atomic E-state index is 0.489. The number of hydrogen-bond donors (Lipinski definition) is 1. The third-order valence-electron chi connectivity index (χ3n) is 2.51. The van der Waals surface area contributed by atoms with Gasteiger partial charge >= 0.3 is 0 Å². The van der Waals surface area contributed by atoms with Gasteiger partial charge in [0.15, 0.2) is 5.58 Å². The monoisotopic (exact) mass is 304 g/mol. The summed E-state index contributed by atoms with van der Waals surface area (Å²) in [6, 6.07) is 12.8. The van der Waals surface area contributed by atoms with E-state index in [2.05, 4.69) is 4.98 Å². The molecule has 0 aliphatic heterocycles. The van der Waals surface area contributed by atoms with Gasteiger partial charge in [-0.05, 0) is 30.3 Å². The minimum atomic E-state index is 0.489. The van der Waals surface area contributed by atoms with Crippen molar-refractivity contribution in [2.75, 3.05) is 5.73 Å². The van der Waals surface area contributed by atoms with E-state index in [9.17, 15) is 0 Å². The van der Waals surface area contributed by atoms with E-state index in [0.717, 1.165) is 11.1 Å². The van der Waals surface area contributed by atoms with E-state index in [1.807, 2.05) is 52.0 Å². The maximum absolute atomic E-state index is 6.10. The highest BCUT2D eigenvalue weighted by Gasteiger charge is 2.11. The Balaban J connectivity index is 0.000000510. The molecular weight excluding hydrogens is 284 g/mol. The number of para-hydroxylation sites is 2. The maximum Gasteiger partial charge on any atom is 0.228 e. The summed E-state index contributed by atoms with van der Waals surface area (Å²) in [5.41, 5.74) is 8.62. The van der Waals surface area contributed by atoms with Gasteiger partial charge in [-0.15, -0.1) is 0 Å². The zero-order valence-electron chi connectivity index (χ0n) is 12.9. The highest BCUT2D eigenvalue weighted by atomic mass is 35.5. The van der Waals surface area contributed by atoms with E-state index < -0.39 is 0 Å². The predicted octanol–water partition coefficient (Wildman–Crippen LogP) is 5.78. The number of hydrogen-bond acceptors (Lipinski definition) is 3. The lowest BCUT2D eigenvalue weighted by molar-refractivity contribution is 0.620. The lowest BCUT2D eigenvalue weighted by atomic mass is 10.2. The van der Waals surface area contributed by atoms with Gasteiger partial charge in [-0.25, -0.2) is 4.98 Å². The highest BCUT2D eigenvalue weighted by molar-refractivity contribution is 6.33. The van der Waals surface area contributed by atoms with Crippen LogP contribution in [-0.2, 0) is 0 Å². The second-order valence-electron chi connectivity index (χ2n) is 3.73. The number of nitrogens with two attached hydrogens (primary N) is 1. The van der Waals surface area contributed by atoms with Gasteiger partial charge in [0.05, 0.1) is 10.6 Å². The Kier molecular flexibility index (Phi) is 6.76. The molecule has 0 spiro atoms. The number of anilines is 1. The first-order valence-corrected chi connectivity index (χ1v) is 7.53. The van der Waals surface area contributed by atoms with Crippen molar-refractivity contribution >= 4 is 28.4 Å². The van der Waals surface area contributed by atoms with Crippen molar-refractivity contribution < 1.29 is 4.42 Å². The van der Waals surface area contributed by atoms with Crippen LogP contribution >= 0.6 is 11.6 Å². The first kappa shape index (κ1) is 17.1. The minimum Gasteiger partial charge on any atom is -0.436 e. The second-order valence-corrected chi connectivity index (χ2v) is 4.13. The fourth-order valence-corrected chi connectivity index (χ4v) is 1.89. The molecule has 112 valence electrons. The fourth-order valence-electron chi connectivity index (χ4n) is 1.69. The molecule has 0 aliphatic carbocycles. The SMILES string of the molecule is CC.CC.Nc1ccc(Cl)c(-c2nc3ccccc3o2)c1. The van der Waals surface area contributed by atoms with E-state index in [4.69, 9.17) is 21.8 Å². The highest BCUT2D eigenvalue weighted by Crippen LogP contribution is 2.31. The Morgan fingerprint density at radius 1 is 1.00 bits per heavy atom. The Labute approximate surface area is 130 Å². The number of halogens is 1. The molecule has 0 saturated heterocycles. The molecule has 21 heavy (non-hydrogen) atoms. The molecule has 3 nitrogen and oxygen atoms in total. The maximum atomic E-state index is 6.10. The molecular formula is C17H21ClN2O. The lowest BCUT2D eigenvalue weighted by Crippen LogP contribution is -1.86. The van der Waals surface area contributed by atoms with Gasteiger partial charge in [0, 0.05) is 5.69 Å². The number of benzene rings is 2. The summed E-state index contributed by atoms with van der Waals surface area (Å²) in [5.74, 6) is 0.489. The zero-order valence-corrected chi connectivity index (χ0v) is 13.6. The van der Waals surface area contributed by atoms with Gasteiger partial charge in [-0.2, -0.15) is 0 Å². The molecule has 3 aromatic rings. The molecule has 2 aromatic carbocycles. The molecule has 0 radical (unpaired) electrons. The van der Waals surface area contributed by atoms with Crippen molar-refractivity contribution in [3.63, 3.8) is 0 Å². The third-order valence-corrected chi connectivity index (χ3v) is 2.84. The summed E-state index contributed by atoms with van der Waals surface area (Å²) in [5, 5.41) is 0.575. The Hall–Kier alpha value is -2.00. The van der Waals surface area contributed by atoms with Crippen LogP contribution in [-0.4, -0.2) is 4.98 Å². The Morgan fingerprint density at radius 3 is 2.33 bits per heavy atom. The standard InChI is InChI=1S/C13H9ClN2O.2C2H6/c14-10-6-5-8(15)7-9(10)13-16-11-3-1-2-4-12(11)17-13;2*1-2/h1-7H,15H2;2*1-2H3. The van der Waals surface area contributed by atoms with Crippen LogP contribution in [0.3, 0.4) is 0 Å². The summed E-state index contributed by atoms with van der Waals surface area (Å²) in [4.78, 5) is 4.38. The van der Waals surface area contributed by atoms with Crippen molar-refractivity contribution in [2.24, 2.45) is 0 Å². The number of aromatic nitrogens is 1. The van der Waals surface area contributed by atoms with Crippen LogP contribution in [0.5, 0.6) is 0 Å². The van der Waals surface area contributed by atoms with E-state index in [-0.39, 0.29) is 0 Å². The van der Waals surface area contributed by atoms with Crippen LogP contribution in [0.25, 0.3) is 22.6 Å². The zero-order chi connectivity index (χ0) is 15.8. The van der Waals surface area contributed by atoms with Gasteiger partial charge in [-0.3, -0.25) is 0 Å². The molecule has 3 rings (SSSR count). The van der Waals surface area contributed by atoms with Crippen LogP contribution in [0.15, 0.2) is 46.9 Å². The van der Waals surface area contributed by atoms with Crippen LogP contribution < -0.4 is 5.73 Å². The largest absolute Gasteiger partial charge is 0.436 e. The van der Waals surface area contributed by atoms with Crippen LogP contribution in [0, 0.1) is 0 Å².